The zero-order valence-corrected chi connectivity index (χ0v) is 14.5. The minimum Gasteiger partial charge on any atom is -0.497 e. The van der Waals surface area contributed by atoms with Gasteiger partial charge in [-0.05, 0) is 24.3 Å². The van der Waals surface area contributed by atoms with Gasteiger partial charge in [0.05, 0.1) is 13.7 Å². The monoisotopic (exact) mass is 349 g/mol. The molecule has 136 valence electrons. The highest BCUT2D eigenvalue weighted by Crippen LogP contribution is 2.16. The van der Waals surface area contributed by atoms with Crippen molar-refractivity contribution in [2.75, 3.05) is 46.4 Å². The topological polar surface area (TPSA) is 88.2 Å². The normalized spacial score (nSPS) is 14.0. The summed E-state index contributed by atoms with van der Waals surface area (Å²) in [6.07, 6.45) is 0. The Morgan fingerprint density at radius 2 is 1.56 bits per heavy atom. The average Bonchev–Trinajstić information content (AvgIpc) is 2.65. The zero-order chi connectivity index (χ0) is 18.2. The number of nitrogens with zero attached hydrogens (tertiary/aromatic N) is 2. The molecule has 8 heteroatoms. The van der Waals surface area contributed by atoms with E-state index in [0.717, 1.165) is 5.75 Å². The number of piperazine rings is 1. The van der Waals surface area contributed by atoms with E-state index in [4.69, 9.17) is 9.47 Å². The number of amides is 3. The maximum atomic E-state index is 12.1. The van der Waals surface area contributed by atoms with Crippen molar-refractivity contribution in [3.63, 3.8) is 0 Å². The summed E-state index contributed by atoms with van der Waals surface area (Å²) >= 11 is 0. The standard InChI is InChI=1S/C17H23N3O5/c1-13(21)19-8-10-20(11-9-19)17(23)16(22)18-7-12-25-15-5-3-14(24-2)4-6-15/h3-6H,7-12H2,1-2H3,(H,18,22). The molecule has 0 spiro atoms. The summed E-state index contributed by atoms with van der Waals surface area (Å²) in [5.41, 5.74) is 0. The minimum absolute atomic E-state index is 0.0211. The van der Waals surface area contributed by atoms with Crippen LogP contribution in [0.1, 0.15) is 6.92 Å². The Bertz CT molecular complexity index is 609. The van der Waals surface area contributed by atoms with E-state index in [1.165, 1.54) is 11.8 Å². The van der Waals surface area contributed by atoms with Crippen molar-refractivity contribution in [1.29, 1.82) is 0 Å². The van der Waals surface area contributed by atoms with E-state index in [2.05, 4.69) is 5.32 Å². The fraction of sp³-hybridized carbons (Fsp3) is 0.471. The van der Waals surface area contributed by atoms with Crippen molar-refractivity contribution in [2.24, 2.45) is 0 Å². The zero-order valence-electron chi connectivity index (χ0n) is 14.5. The summed E-state index contributed by atoms with van der Waals surface area (Å²) in [5, 5.41) is 2.55. The van der Waals surface area contributed by atoms with E-state index in [1.807, 2.05) is 0 Å². The van der Waals surface area contributed by atoms with Gasteiger partial charge in [0.25, 0.3) is 0 Å². The Balaban J connectivity index is 1.67. The van der Waals surface area contributed by atoms with Crippen LogP contribution in [-0.2, 0) is 14.4 Å². The molecular formula is C17H23N3O5. The molecule has 1 fully saturated rings. The Morgan fingerprint density at radius 3 is 2.12 bits per heavy atom. The van der Waals surface area contributed by atoms with E-state index in [-0.39, 0.29) is 19.1 Å². The number of carbonyl (C=O) groups excluding carboxylic acids is 3. The maximum Gasteiger partial charge on any atom is 0.312 e. The highest BCUT2D eigenvalue weighted by atomic mass is 16.5. The first-order valence-corrected chi connectivity index (χ1v) is 8.10. The van der Waals surface area contributed by atoms with Crippen LogP contribution >= 0.6 is 0 Å². The van der Waals surface area contributed by atoms with Crippen molar-refractivity contribution >= 4 is 17.7 Å². The van der Waals surface area contributed by atoms with Crippen LogP contribution in [0, 0.1) is 0 Å². The second-order valence-corrected chi connectivity index (χ2v) is 5.58. The Labute approximate surface area is 146 Å². The van der Waals surface area contributed by atoms with E-state index in [1.54, 1.807) is 36.3 Å². The van der Waals surface area contributed by atoms with Gasteiger partial charge in [-0.2, -0.15) is 0 Å². The van der Waals surface area contributed by atoms with Crippen LogP contribution in [0.3, 0.4) is 0 Å². The van der Waals surface area contributed by atoms with Crippen molar-refractivity contribution in [2.45, 2.75) is 6.92 Å². The lowest BCUT2D eigenvalue weighted by molar-refractivity contribution is -0.148. The van der Waals surface area contributed by atoms with Crippen molar-refractivity contribution in [3.8, 4) is 11.5 Å². The first-order valence-electron chi connectivity index (χ1n) is 8.10. The van der Waals surface area contributed by atoms with E-state index < -0.39 is 11.8 Å². The molecule has 0 aliphatic carbocycles. The summed E-state index contributed by atoms with van der Waals surface area (Å²) < 4.78 is 10.5. The SMILES string of the molecule is COc1ccc(OCCNC(=O)C(=O)N2CCN(C(C)=O)CC2)cc1. The predicted octanol–water partition coefficient (Wildman–Crippen LogP) is -0.119. The van der Waals surface area contributed by atoms with Gasteiger partial charge >= 0.3 is 11.8 Å². The first-order chi connectivity index (χ1) is 12.0. The van der Waals surface area contributed by atoms with Crippen LogP contribution in [0.5, 0.6) is 11.5 Å². The number of hydrogen-bond acceptors (Lipinski definition) is 5. The Hall–Kier alpha value is -2.77. The second kappa shape index (κ2) is 8.91. The Kier molecular flexibility index (Phi) is 6.62. The molecule has 1 N–H and O–H groups in total. The molecule has 8 nitrogen and oxygen atoms in total. The lowest BCUT2D eigenvalue weighted by atomic mass is 10.3. The molecule has 0 atom stereocenters. The first kappa shape index (κ1) is 18.6. The summed E-state index contributed by atoms with van der Waals surface area (Å²) in [7, 11) is 1.59. The third-order valence-corrected chi connectivity index (χ3v) is 3.92. The predicted molar refractivity (Wildman–Crippen MR) is 90.3 cm³/mol. The molecule has 0 aromatic heterocycles. The second-order valence-electron chi connectivity index (χ2n) is 5.58. The van der Waals surface area contributed by atoms with Crippen molar-refractivity contribution < 1.29 is 23.9 Å². The molecule has 0 bridgehead atoms. The molecule has 1 saturated heterocycles. The molecule has 0 saturated carbocycles. The number of carbonyl (C=O) groups is 3. The number of rotatable bonds is 5. The molecule has 2 rings (SSSR count). The molecule has 1 aliphatic rings. The van der Waals surface area contributed by atoms with Gasteiger partial charge in [0.15, 0.2) is 0 Å². The fourth-order valence-corrected chi connectivity index (χ4v) is 2.45. The molecule has 0 radical (unpaired) electrons. The lowest BCUT2D eigenvalue weighted by Gasteiger charge is -2.33. The molecule has 1 heterocycles. The summed E-state index contributed by atoms with van der Waals surface area (Å²) in [6, 6.07) is 7.08. The lowest BCUT2D eigenvalue weighted by Crippen LogP contribution is -2.53. The van der Waals surface area contributed by atoms with Crippen LogP contribution < -0.4 is 14.8 Å². The van der Waals surface area contributed by atoms with Crippen LogP contribution in [0.2, 0.25) is 0 Å². The van der Waals surface area contributed by atoms with E-state index in [9.17, 15) is 14.4 Å². The van der Waals surface area contributed by atoms with Gasteiger partial charge in [0.1, 0.15) is 18.1 Å². The van der Waals surface area contributed by atoms with Crippen LogP contribution in [-0.4, -0.2) is 74.0 Å². The van der Waals surface area contributed by atoms with E-state index >= 15 is 0 Å². The van der Waals surface area contributed by atoms with Crippen LogP contribution in [0.25, 0.3) is 0 Å². The van der Waals surface area contributed by atoms with Crippen molar-refractivity contribution in [1.82, 2.24) is 15.1 Å². The minimum atomic E-state index is -0.658. The van der Waals surface area contributed by atoms with Gasteiger partial charge in [-0.3, -0.25) is 14.4 Å². The van der Waals surface area contributed by atoms with Gasteiger partial charge in [-0.15, -0.1) is 0 Å². The number of methoxy groups -OCH3 is 1. The van der Waals surface area contributed by atoms with Crippen molar-refractivity contribution in [3.05, 3.63) is 24.3 Å². The van der Waals surface area contributed by atoms with Crippen LogP contribution in [0.4, 0.5) is 0 Å². The summed E-state index contributed by atoms with van der Waals surface area (Å²) in [5.74, 6) is 0.132. The van der Waals surface area contributed by atoms with Gasteiger partial charge in [-0.25, -0.2) is 0 Å². The molecule has 1 aromatic rings. The van der Waals surface area contributed by atoms with Gasteiger partial charge < -0.3 is 24.6 Å². The highest BCUT2D eigenvalue weighted by molar-refractivity contribution is 6.35. The summed E-state index contributed by atoms with van der Waals surface area (Å²) in [6.45, 7) is 3.62. The smallest absolute Gasteiger partial charge is 0.312 e. The molecule has 1 aromatic carbocycles. The molecule has 25 heavy (non-hydrogen) atoms. The largest absolute Gasteiger partial charge is 0.497 e. The number of hydrogen-bond donors (Lipinski definition) is 1. The molecule has 0 unspecified atom stereocenters. The highest BCUT2D eigenvalue weighted by Gasteiger charge is 2.26. The van der Waals surface area contributed by atoms with Crippen LogP contribution in [0.15, 0.2) is 24.3 Å². The van der Waals surface area contributed by atoms with E-state index in [0.29, 0.717) is 31.9 Å². The maximum absolute atomic E-state index is 12.1. The molecule has 1 aliphatic heterocycles. The van der Waals surface area contributed by atoms with Gasteiger partial charge in [-0.1, -0.05) is 0 Å². The molecular weight excluding hydrogens is 326 g/mol. The number of ether oxygens (including phenoxy) is 2. The fourth-order valence-electron chi connectivity index (χ4n) is 2.45. The quantitative estimate of drug-likeness (QED) is 0.591. The molecule has 3 amide bonds. The third-order valence-electron chi connectivity index (χ3n) is 3.92. The average molecular weight is 349 g/mol. The number of nitrogens with one attached hydrogen (secondary N) is 1. The summed E-state index contributed by atoms with van der Waals surface area (Å²) in [4.78, 5) is 38.3. The number of benzene rings is 1. The third kappa shape index (κ3) is 5.37. The van der Waals surface area contributed by atoms with Gasteiger partial charge in [0, 0.05) is 33.1 Å². The Morgan fingerprint density at radius 1 is 1.00 bits per heavy atom. The van der Waals surface area contributed by atoms with Gasteiger partial charge in [0.2, 0.25) is 5.91 Å².